The molecule has 4 aliphatic carbocycles. The lowest BCUT2D eigenvalue weighted by Crippen LogP contribution is -2.34. The normalized spacial score (nSPS) is 36.7. The first kappa shape index (κ1) is 17.1. The van der Waals surface area contributed by atoms with E-state index in [0.717, 1.165) is 42.4 Å². The van der Waals surface area contributed by atoms with E-state index >= 15 is 0 Å². The molecule has 2 unspecified atom stereocenters. The van der Waals surface area contributed by atoms with E-state index in [-0.39, 0.29) is 0 Å². The zero-order chi connectivity index (χ0) is 17.6. The van der Waals surface area contributed by atoms with Crippen molar-refractivity contribution in [2.45, 2.75) is 63.7 Å². The van der Waals surface area contributed by atoms with E-state index < -0.39 is 0 Å². The fourth-order valence-corrected chi connectivity index (χ4v) is 6.91. The molecular weight excluding hydrogens is 318 g/mol. The van der Waals surface area contributed by atoms with Gasteiger partial charge < -0.3 is 9.64 Å². The Balaban J connectivity index is 1.12. The molecule has 26 heavy (non-hydrogen) atoms. The van der Waals surface area contributed by atoms with E-state index in [0.29, 0.717) is 5.41 Å². The van der Waals surface area contributed by atoms with Crippen molar-refractivity contribution in [2.24, 2.45) is 23.7 Å². The van der Waals surface area contributed by atoms with Gasteiger partial charge in [-0.25, -0.2) is 0 Å². The van der Waals surface area contributed by atoms with E-state index in [2.05, 4.69) is 36.1 Å². The lowest BCUT2D eigenvalue weighted by molar-refractivity contribution is 0.177. The first-order chi connectivity index (χ1) is 12.7. The van der Waals surface area contributed by atoms with Crippen molar-refractivity contribution in [3.05, 3.63) is 29.8 Å². The molecule has 5 fully saturated rings. The van der Waals surface area contributed by atoms with Gasteiger partial charge in [0.1, 0.15) is 5.75 Å². The highest BCUT2D eigenvalue weighted by Crippen LogP contribution is 2.65. The van der Waals surface area contributed by atoms with Crippen molar-refractivity contribution in [1.29, 1.82) is 0 Å². The molecule has 1 heterocycles. The molecule has 2 nitrogen and oxygen atoms in total. The summed E-state index contributed by atoms with van der Waals surface area (Å²) in [7, 11) is 0. The van der Waals surface area contributed by atoms with E-state index in [1.54, 1.807) is 5.56 Å². The van der Waals surface area contributed by atoms with Crippen LogP contribution in [-0.4, -0.2) is 31.1 Å². The molecule has 4 saturated carbocycles. The molecule has 0 amide bonds. The third-order valence-electron chi connectivity index (χ3n) is 8.18. The van der Waals surface area contributed by atoms with Crippen LogP contribution in [-0.2, 0) is 5.41 Å². The third-order valence-corrected chi connectivity index (χ3v) is 8.18. The first-order valence-electron chi connectivity index (χ1n) is 11.2. The van der Waals surface area contributed by atoms with Gasteiger partial charge >= 0.3 is 0 Å². The Morgan fingerprint density at radius 3 is 2.38 bits per heavy atom. The minimum absolute atomic E-state index is 0.539. The van der Waals surface area contributed by atoms with Gasteiger partial charge in [-0.1, -0.05) is 19.1 Å². The molecule has 0 spiro atoms. The van der Waals surface area contributed by atoms with E-state index in [1.165, 1.54) is 64.6 Å². The van der Waals surface area contributed by atoms with Crippen LogP contribution in [0, 0.1) is 23.7 Å². The number of hydrogen-bond donors (Lipinski definition) is 0. The fraction of sp³-hybridized carbons (Fsp3) is 0.750. The van der Waals surface area contributed by atoms with Crippen LogP contribution in [0.1, 0.15) is 63.9 Å². The summed E-state index contributed by atoms with van der Waals surface area (Å²) in [6.07, 6.45) is 11.3. The van der Waals surface area contributed by atoms with E-state index in [4.69, 9.17) is 4.74 Å². The monoisotopic (exact) mass is 353 g/mol. The van der Waals surface area contributed by atoms with Gasteiger partial charge in [-0.2, -0.15) is 0 Å². The van der Waals surface area contributed by atoms with E-state index in [1.807, 2.05) is 0 Å². The van der Waals surface area contributed by atoms with Crippen molar-refractivity contribution in [2.75, 3.05) is 26.2 Å². The second kappa shape index (κ2) is 6.86. The molecule has 2 atom stereocenters. The average Bonchev–Trinajstić information content (AvgIpc) is 3.06. The highest BCUT2D eigenvalue weighted by atomic mass is 16.5. The molecule has 5 aliphatic rings. The topological polar surface area (TPSA) is 12.5 Å². The molecular formula is C24H35NO. The standard InChI is InChI=1S/C24H35NO/c1-18-7-10-25(11-8-18)9-2-12-26-23-5-3-21(4-6-23)24-16-19-13-20(17-24)15-22(24)14-19/h3-6,18-20,22H,2,7-17H2,1H3. The molecule has 142 valence electrons. The van der Waals surface area contributed by atoms with Crippen molar-refractivity contribution in [3.8, 4) is 5.75 Å². The molecule has 1 aromatic carbocycles. The SMILES string of the molecule is CC1CCN(CCCOc2ccc(C34CC5CC(CC3C5)C4)cc2)CC1. The molecule has 1 saturated heterocycles. The highest BCUT2D eigenvalue weighted by molar-refractivity contribution is 5.36. The largest absolute Gasteiger partial charge is 0.494 e. The van der Waals surface area contributed by atoms with Gasteiger partial charge in [-0.05, 0) is 111 Å². The second-order valence-electron chi connectivity index (χ2n) is 9.95. The molecule has 1 aromatic rings. The number of benzene rings is 1. The summed E-state index contributed by atoms with van der Waals surface area (Å²) >= 11 is 0. The summed E-state index contributed by atoms with van der Waals surface area (Å²) in [5.74, 6) is 5.02. The zero-order valence-corrected chi connectivity index (χ0v) is 16.5. The van der Waals surface area contributed by atoms with Gasteiger partial charge in [0.25, 0.3) is 0 Å². The number of ether oxygens (including phenoxy) is 1. The molecule has 0 radical (unpaired) electrons. The second-order valence-corrected chi connectivity index (χ2v) is 9.95. The zero-order valence-electron chi connectivity index (χ0n) is 16.5. The van der Waals surface area contributed by atoms with Crippen LogP contribution >= 0.6 is 0 Å². The maximum atomic E-state index is 6.05. The lowest BCUT2D eigenvalue weighted by Gasteiger charge is -2.33. The van der Waals surface area contributed by atoms with Crippen LogP contribution in [0.25, 0.3) is 0 Å². The molecule has 1 aliphatic heterocycles. The Labute approximate surface area is 159 Å². The van der Waals surface area contributed by atoms with Crippen molar-refractivity contribution in [3.63, 3.8) is 0 Å². The molecule has 2 heteroatoms. The predicted molar refractivity (Wildman–Crippen MR) is 107 cm³/mol. The Kier molecular flexibility index (Phi) is 4.51. The number of likely N-dealkylation sites (tertiary alicyclic amines) is 1. The molecule has 4 bridgehead atoms. The lowest BCUT2D eigenvalue weighted by atomic mass is 9.71. The number of rotatable bonds is 6. The quantitative estimate of drug-likeness (QED) is 0.646. The Morgan fingerprint density at radius 1 is 1.00 bits per heavy atom. The van der Waals surface area contributed by atoms with Crippen molar-refractivity contribution < 1.29 is 4.74 Å². The van der Waals surface area contributed by atoms with Crippen LogP contribution in [0.15, 0.2) is 24.3 Å². The van der Waals surface area contributed by atoms with Gasteiger partial charge in [0, 0.05) is 6.54 Å². The number of hydrogen-bond acceptors (Lipinski definition) is 2. The summed E-state index contributed by atoms with van der Waals surface area (Å²) in [4.78, 5) is 2.61. The minimum Gasteiger partial charge on any atom is -0.494 e. The van der Waals surface area contributed by atoms with Gasteiger partial charge in [0.15, 0.2) is 0 Å². The maximum absolute atomic E-state index is 6.05. The van der Waals surface area contributed by atoms with Crippen LogP contribution in [0.3, 0.4) is 0 Å². The summed E-state index contributed by atoms with van der Waals surface area (Å²) in [5.41, 5.74) is 2.15. The summed E-state index contributed by atoms with van der Waals surface area (Å²) in [6, 6.07) is 9.27. The van der Waals surface area contributed by atoms with Gasteiger partial charge in [-0.3, -0.25) is 0 Å². The van der Waals surface area contributed by atoms with Crippen LogP contribution < -0.4 is 4.74 Å². The number of nitrogens with zero attached hydrogens (tertiary/aromatic N) is 1. The number of piperidine rings is 1. The summed E-state index contributed by atoms with van der Waals surface area (Å²) in [6.45, 7) is 6.98. The van der Waals surface area contributed by atoms with Gasteiger partial charge in [0.05, 0.1) is 6.61 Å². The minimum atomic E-state index is 0.539. The van der Waals surface area contributed by atoms with Crippen LogP contribution in [0.4, 0.5) is 0 Å². The Morgan fingerprint density at radius 2 is 1.69 bits per heavy atom. The summed E-state index contributed by atoms with van der Waals surface area (Å²) < 4.78 is 6.05. The first-order valence-corrected chi connectivity index (χ1v) is 11.2. The van der Waals surface area contributed by atoms with Crippen LogP contribution in [0.5, 0.6) is 5.75 Å². The fourth-order valence-electron chi connectivity index (χ4n) is 6.91. The van der Waals surface area contributed by atoms with E-state index in [9.17, 15) is 0 Å². The smallest absolute Gasteiger partial charge is 0.119 e. The average molecular weight is 354 g/mol. The highest BCUT2D eigenvalue weighted by Gasteiger charge is 2.58. The van der Waals surface area contributed by atoms with Gasteiger partial charge in [0.2, 0.25) is 0 Å². The molecule has 0 N–H and O–H groups in total. The Bertz CT molecular complexity index is 602. The predicted octanol–water partition coefficient (Wildman–Crippen LogP) is 5.27. The molecule has 0 aromatic heterocycles. The van der Waals surface area contributed by atoms with Crippen LogP contribution in [0.2, 0.25) is 0 Å². The third kappa shape index (κ3) is 3.09. The van der Waals surface area contributed by atoms with Gasteiger partial charge in [-0.15, -0.1) is 0 Å². The Hall–Kier alpha value is -1.02. The van der Waals surface area contributed by atoms with Crippen molar-refractivity contribution in [1.82, 2.24) is 4.90 Å². The molecule has 6 rings (SSSR count). The maximum Gasteiger partial charge on any atom is 0.119 e. The van der Waals surface area contributed by atoms with Crippen molar-refractivity contribution >= 4 is 0 Å². The summed E-state index contributed by atoms with van der Waals surface area (Å²) in [5, 5.41) is 0.